The molecule has 5 nitrogen and oxygen atoms in total. The Bertz CT molecular complexity index is 404. The predicted molar refractivity (Wildman–Crippen MR) is 79.0 cm³/mol. The molecule has 5 heteroatoms. The largest absolute Gasteiger partial charge is 0.494 e. The Morgan fingerprint density at radius 3 is 2.90 bits per heavy atom. The van der Waals surface area contributed by atoms with Crippen LogP contribution in [0.2, 0.25) is 0 Å². The van der Waals surface area contributed by atoms with Gasteiger partial charge in [0, 0.05) is 12.7 Å². The van der Waals surface area contributed by atoms with Gasteiger partial charge in [0.1, 0.15) is 5.75 Å². The van der Waals surface area contributed by atoms with E-state index in [9.17, 15) is 4.79 Å². The molecule has 1 aromatic carbocycles. The first-order valence-electron chi connectivity index (χ1n) is 6.94. The first kappa shape index (κ1) is 16.5. The number of ether oxygens (including phenoxy) is 2. The van der Waals surface area contributed by atoms with Crippen molar-refractivity contribution in [3.63, 3.8) is 0 Å². The summed E-state index contributed by atoms with van der Waals surface area (Å²) in [5, 5.41) is 2.92. The summed E-state index contributed by atoms with van der Waals surface area (Å²) < 4.78 is 10.6. The maximum atomic E-state index is 12.2. The van der Waals surface area contributed by atoms with E-state index < -0.39 is 0 Å². The van der Waals surface area contributed by atoms with Crippen LogP contribution in [0, 0.1) is 0 Å². The van der Waals surface area contributed by atoms with Crippen molar-refractivity contribution < 1.29 is 14.3 Å². The normalized spacial score (nSPS) is 11.9. The summed E-state index contributed by atoms with van der Waals surface area (Å²) in [6.45, 7) is 3.65. The summed E-state index contributed by atoms with van der Waals surface area (Å²) >= 11 is 0. The van der Waals surface area contributed by atoms with Crippen molar-refractivity contribution in [2.45, 2.75) is 25.8 Å². The molecular formula is C15H24N2O3. The van der Waals surface area contributed by atoms with E-state index in [4.69, 9.17) is 15.2 Å². The van der Waals surface area contributed by atoms with Gasteiger partial charge in [-0.15, -0.1) is 0 Å². The molecule has 0 aliphatic heterocycles. The second kappa shape index (κ2) is 9.34. The average Bonchev–Trinajstić information content (AvgIpc) is 2.46. The Hall–Kier alpha value is -1.59. The molecule has 0 saturated heterocycles. The smallest absolute Gasteiger partial charge is 0.251 e. The van der Waals surface area contributed by atoms with Crippen LogP contribution in [0.3, 0.4) is 0 Å². The van der Waals surface area contributed by atoms with E-state index in [1.807, 2.05) is 19.1 Å². The summed E-state index contributed by atoms with van der Waals surface area (Å²) in [5.74, 6) is 0.573. The van der Waals surface area contributed by atoms with Gasteiger partial charge in [-0.2, -0.15) is 0 Å². The second-order valence-corrected chi connectivity index (χ2v) is 4.58. The quantitative estimate of drug-likeness (QED) is 0.720. The van der Waals surface area contributed by atoms with Crippen LogP contribution in [0.25, 0.3) is 0 Å². The number of methoxy groups -OCH3 is 1. The number of benzene rings is 1. The number of rotatable bonds is 9. The first-order valence-corrected chi connectivity index (χ1v) is 6.94. The number of hydrogen-bond donors (Lipinski definition) is 2. The summed E-state index contributed by atoms with van der Waals surface area (Å²) in [6.07, 6.45) is 1.62. The minimum atomic E-state index is -0.137. The Kier molecular flexibility index (Phi) is 7.69. The molecule has 0 saturated carbocycles. The number of amides is 1. The van der Waals surface area contributed by atoms with Crippen LogP contribution in [0.1, 0.15) is 30.1 Å². The molecule has 20 heavy (non-hydrogen) atoms. The minimum absolute atomic E-state index is 0.0716. The lowest BCUT2D eigenvalue weighted by Gasteiger charge is -2.17. The molecule has 1 aromatic rings. The van der Waals surface area contributed by atoms with Crippen molar-refractivity contribution in [2.24, 2.45) is 5.73 Å². The van der Waals surface area contributed by atoms with Gasteiger partial charge in [0.25, 0.3) is 5.91 Å². The maximum absolute atomic E-state index is 12.2. The predicted octanol–water partition coefficient (Wildman–Crippen LogP) is 1.57. The van der Waals surface area contributed by atoms with Gasteiger partial charge < -0.3 is 20.5 Å². The Morgan fingerprint density at radius 2 is 2.25 bits per heavy atom. The van der Waals surface area contributed by atoms with Crippen molar-refractivity contribution in [3.05, 3.63) is 29.8 Å². The maximum Gasteiger partial charge on any atom is 0.251 e. The van der Waals surface area contributed by atoms with Crippen molar-refractivity contribution in [1.29, 1.82) is 0 Å². The lowest BCUT2D eigenvalue weighted by molar-refractivity contribution is 0.0893. The van der Waals surface area contributed by atoms with Gasteiger partial charge >= 0.3 is 0 Å². The van der Waals surface area contributed by atoms with Crippen molar-refractivity contribution in [1.82, 2.24) is 5.32 Å². The Morgan fingerprint density at radius 1 is 1.45 bits per heavy atom. The van der Waals surface area contributed by atoms with E-state index in [0.717, 1.165) is 6.42 Å². The van der Waals surface area contributed by atoms with Crippen molar-refractivity contribution in [3.8, 4) is 5.75 Å². The van der Waals surface area contributed by atoms with E-state index in [1.54, 1.807) is 19.2 Å². The zero-order valence-electron chi connectivity index (χ0n) is 12.2. The van der Waals surface area contributed by atoms with E-state index >= 15 is 0 Å². The number of carbonyl (C=O) groups excluding carboxylic acids is 1. The van der Waals surface area contributed by atoms with Crippen LogP contribution in [0.5, 0.6) is 5.75 Å². The number of nitrogens with one attached hydrogen (secondary N) is 1. The molecule has 0 fully saturated rings. The molecule has 0 radical (unpaired) electrons. The van der Waals surface area contributed by atoms with Gasteiger partial charge in [-0.3, -0.25) is 4.79 Å². The van der Waals surface area contributed by atoms with Crippen molar-refractivity contribution >= 4 is 5.91 Å². The standard InChI is InChI=1S/C15H24N2O3/c1-3-9-20-14-6-4-5-12(10-14)15(18)17-13(7-8-16)11-19-2/h4-6,10,13H,3,7-9,11,16H2,1-2H3,(H,17,18). The van der Waals surface area contributed by atoms with Crippen LogP contribution in [0.15, 0.2) is 24.3 Å². The molecule has 0 aromatic heterocycles. The van der Waals surface area contributed by atoms with Crippen molar-refractivity contribution in [2.75, 3.05) is 26.9 Å². The highest BCUT2D eigenvalue weighted by Gasteiger charge is 2.13. The third-order valence-corrected chi connectivity index (χ3v) is 2.79. The third-order valence-electron chi connectivity index (χ3n) is 2.79. The average molecular weight is 280 g/mol. The highest BCUT2D eigenvalue weighted by atomic mass is 16.5. The van der Waals surface area contributed by atoms with Crippen LogP contribution < -0.4 is 15.8 Å². The molecule has 3 N–H and O–H groups in total. The summed E-state index contributed by atoms with van der Waals surface area (Å²) in [5.41, 5.74) is 6.11. The van der Waals surface area contributed by atoms with Gasteiger partial charge in [0.2, 0.25) is 0 Å². The fraction of sp³-hybridized carbons (Fsp3) is 0.533. The van der Waals surface area contributed by atoms with Gasteiger partial charge in [0.15, 0.2) is 0 Å². The molecular weight excluding hydrogens is 256 g/mol. The van der Waals surface area contributed by atoms with Gasteiger partial charge in [-0.1, -0.05) is 13.0 Å². The highest BCUT2D eigenvalue weighted by Crippen LogP contribution is 2.13. The van der Waals surface area contributed by atoms with E-state index in [-0.39, 0.29) is 11.9 Å². The Labute approximate surface area is 120 Å². The Balaban J connectivity index is 2.65. The number of carbonyl (C=O) groups is 1. The van der Waals surface area contributed by atoms with Gasteiger partial charge in [0.05, 0.1) is 19.3 Å². The molecule has 1 rings (SSSR count). The number of nitrogens with two attached hydrogens (primary N) is 1. The lowest BCUT2D eigenvalue weighted by Crippen LogP contribution is -2.39. The second-order valence-electron chi connectivity index (χ2n) is 4.58. The molecule has 0 spiro atoms. The SMILES string of the molecule is CCCOc1cccc(C(=O)NC(CCN)COC)c1. The monoisotopic (exact) mass is 280 g/mol. The van der Waals surface area contributed by atoms with E-state index in [1.165, 1.54) is 0 Å². The van der Waals surface area contributed by atoms with E-state index in [2.05, 4.69) is 5.32 Å². The lowest BCUT2D eigenvalue weighted by atomic mass is 10.1. The molecule has 0 heterocycles. The zero-order chi connectivity index (χ0) is 14.8. The fourth-order valence-corrected chi connectivity index (χ4v) is 1.82. The molecule has 112 valence electrons. The van der Waals surface area contributed by atoms with Crippen LogP contribution in [-0.4, -0.2) is 38.8 Å². The third kappa shape index (κ3) is 5.59. The van der Waals surface area contributed by atoms with E-state index in [0.29, 0.717) is 37.5 Å². The first-order chi connectivity index (χ1) is 9.71. The molecule has 0 aliphatic rings. The molecule has 1 amide bonds. The van der Waals surface area contributed by atoms with Gasteiger partial charge in [-0.05, 0) is 37.6 Å². The summed E-state index contributed by atoms with van der Waals surface area (Å²) in [7, 11) is 1.61. The van der Waals surface area contributed by atoms with Gasteiger partial charge in [-0.25, -0.2) is 0 Å². The summed E-state index contributed by atoms with van der Waals surface area (Å²) in [4.78, 5) is 12.2. The topological polar surface area (TPSA) is 73.6 Å². The summed E-state index contributed by atoms with van der Waals surface area (Å²) in [6, 6.07) is 7.10. The minimum Gasteiger partial charge on any atom is -0.494 e. The van der Waals surface area contributed by atoms with Crippen LogP contribution in [-0.2, 0) is 4.74 Å². The number of hydrogen-bond acceptors (Lipinski definition) is 4. The zero-order valence-corrected chi connectivity index (χ0v) is 12.2. The fourth-order valence-electron chi connectivity index (χ4n) is 1.82. The van der Waals surface area contributed by atoms with Crippen LogP contribution >= 0.6 is 0 Å². The molecule has 0 aliphatic carbocycles. The highest BCUT2D eigenvalue weighted by molar-refractivity contribution is 5.94. The molecule has 0 bridgehead atoms. The molecule has 1 atom stereocenters. The molecule has 1 unspecified atom stereocenters. The van der Waals surface area contributed by atoms with Crippen LogP contribution in [0.4, 0.5) is 0 Å².